The van der Waals surface area contributed by atoms with Crippen LogP contribution in [0, 0.1) is 6.92 Å². The summed E-state index contributed by atoms with van der Waals surface area (Å²) in [4.78, 5) is 11.4. The molecule has 0 radical (unpaired) electrons. The predicted molar refractivity (Wildman–Crippen MR) is 84.0 cm³/mol. The topological polar surface area (TPSA) is 38.3 Å². The van der Waals surface area contributed by atoms with E-state index in [1.807, 2.05) is 18.2 Å². The third kappa shape index (κ3) is 3.61. The molecule has 20 heavy (non-hydrogen) atoms. The van der Waals surface area contributed by atoms with Gasteiger partial charge in [0.25, 0.3) is 0 Å². The molecule has 0 fully saturated rings. The number of rotatable bonds is 4. The highest BCUT2D eigenvalue weighted by atomic mass is 79.9. The van der Waals surface area contributed by atoms with Crippen LogP contribution in [-0.2, 0) is 11.3 Å². The minimum absolute atomic E-state index is 0.330. The summed E-state index contributed by atoms with van der Waals surface area (Å²) in [6, 6.07) is 13.7. The number of nitrogens with one attached hydrogen (secondary N) is 1. The Bertz CT molecular complexity index is 608. The monoisotopic (exact) mass is 333 g/mol. The van der Waals surface area contributed by atoms with Crippen LogP contribution in [0.1, 0.15) is 21.5 Å². The molecule has 4 heteroatoms. The van der Waals surface area contributed by atoms with Gasteiger partial charge in [0.1, 0.15) is 0 Å². The van der Waals surface area contributed by atoms with E-state index >= 15 is 0 Å². The summed E-state index contributed by atoms with van der Waals surface area (Å²) in [6.07, 6.45) is 0. The zero-order valence-corrected chi connectivity index (χ0v) is 13.0. The lowest BCUT2D eigenvalue weighted by Crippen LogP contribution is -2.04. The van der Waals surface area contributed by atoms with E-state index < -0.39 is 0 Å². The molecule has 3 nitrogen and oxygen atoms in total. The molecule has 0 bridgehead atoms. The number of ether oxygens (including phenoxy) is 1. The van der Waals surface area contributed by atoms with Crippen molar-refractivity contribution >= 4 is 27.6 Å². The van der Waals surface area contributed by atoms with E-state index in [1.165, 1.54) is 12.7 Å². The van der Waals surface area contributed by atoms with Crippen LogP contribution in [0.3, 0.4) is 0 Å². The molecular weight excluding hydrogens is 318 g/mol. The van der Waals surface area contributed by atoms with Crippen molar-refractivity contribution in [3.05, 3.63) is 63.6 Å². The first-order chi connectivity index (χ1) is 9.60. The van der Waals surface area contributed by atoms with Gasteiger partial charge in [-0.2, -0.15) is 0 Å². The number of hydrogen-bond donors (Lipinski definition) is 1. The normalized spacial score (nSPS) is 10.2. The molecule has 0 unspecified atom stereocenters. The lowest BCUT2D eigenvalue weighted by atomic mass is 10.1. The second kappa shape index (κ2) is 6.57. The Labute approximate surface area is 127 Å². The molecule has 0 heterocycles. The Morgan fingerprint density at radius 3 is 2.50 bits per heavy atom. The Balaban J connectivity index is 2.06. The van der Waals surface area contributed by atoms with Gasteiger partial charge in [0, 0.05) is 16.7 Å². The lowest BCUT2D eigenvalue weighted by molar-refractivity contribution is 0.0600. The van der Waals surface area contributed by atoms with Crippen LogP contribution >= 0.6 is 15.9 Å². The van der Waals surface area contributed by atoms with E-state index in [9.17, 15) is 4.79 Å². The SMILES string of the molecule is COC(=O)c1ccc(CNc2ccc(C)cc2)c(Br)c1. The first kappa shape index (κ1) is 14.6. The number of benzene rings is 2. The first-order valence-electron chi connectivity index (χ1n) is 6.27. The van der Waals surface area contributed by atoms with Crippen LogP contribution in [0.2, 0.25) is 0 Å². The number of aryl methyl sites for hydroxylation is 1. The third-order valence-electron chi connectivity index (χ3n) is 3.01. The number of methoxy groups -OCH3 is 1. The van der Waals surface area contributed by atoms with Gasteiger partial charge < -0.3 is 10.1 Å². The van der Waals surface area contributed by atoms with Crippen molar-refractivity contribution in [1.29, 1.82) is 0 Å². The van der Waals surface area contributed by atoms with E-state index in [-0.39, 0.29) is 5.97 Å². The molecule has 104 valence electrons. The number of esters is 1. The molecule has 2 aromatic rings. The van der Waals surface area contributed by atoms with Crippen LogP contribution in [0.5, 0.6) is 0 Å². The molecule has 0 saturated carbocycles. The van der Waals surface area contributed by atoms with Crippen LogP contribution in [0.4, 0.5) is 5.69 Å². The van der Waals surface area contributed by atoms with Gasteiger partial charge in [-0.25, -0.2) is 4.79 Å². The van der Waals surface area contributed by atoms with Gasteiger partial charge in [0.05, 0.1) is 12.7 Å². The fraction of sp³-hybridized carbons (Fsp3) is 0.188. The molecule has 2 rings (SSSR count). The summed E-state index contributed by atoms with van der Waals surface area (Å²) in [5.74, 6) is -0.330. The van der Waals surface area contributed by atoms with Crippen molar-refractivity contribution in [2.75, 3.05) is 12.4 Å². The smallest absolute Gasteiger partial charge is 0.337 e. The van der Waals surface area contributed by atoms with Gasteiger partial charge in [-0.3, -0.25) is 0 Å². The van der Waals surface area contributed by atoms with Gasteiger partial charge in [-0.05, 0) is 36.8 Å². The number of anilines is 1. The highest BCUT2D eigenvalue weighted by molar-refractivity contribution is 9.10. The number of hydrogen-bond acceptors (Lipinski definition) is 3. The summed E-state index contributed by atoms with van der Waals surface area (Å²) >= 11 is 3.48. The van der Waals surface area contributed by atoms with Gasteiger partial charge in [-0.1, -0.05) is 39.7 Å². The Hall–Kier alpha value is -1.81. The van der Waals surface area contributed by atoms with Crippen molar-refractivity contribution in [2.45, 2.75) is 13.5 Å². The van der Waals surface area contributed by atoms with Crippen molar-refractivity contribution in [3.63, 3.8) is 0 Å². The molecule has 2 aromatic carbocycles. The number of carbonyl (C=O) groups is 1. The zero-order valence-electron chi connectivity index (χ0n) is 11.4. The number of carbonyl (C=O) groups excluding carboxylic acids is 1. The van der Waals surface area contributed by atoms with Gasteiger partial charge in [0.15, 0.2) is 0 Å². The molecule has 0 amide bonds. The maximum Gasteiger partial charge on any atom is 0.337 e. The maximum atomic E-state index is 11.4. The first-order valence-corrected chi connectivity index (χ1v) is 7.06. The fourth-order valence-corrected chi connectivity index (χ4v) is 2.32. The minimum Gasteiger partial charge on any atom is -0.465 e. The summed E-state index contributed by atoms with van der Waals surface area (Å²) in [5.41, 5.74) is 3.93. The van der Waals surface area contributed by atoms with Crippen LogP contribution in [0.25, 0.3) is 0 Å². The molecule has 0 aromatic heterocycles. The van der Waals surface area contributed by atoms with Crippen molar-refractivity contribution in [3.8, 4) is 0 Å². The lowest BCUT2D eigenvalue weighted by Gasteiger charge is -2.09. The average molecular weight is 334 g/mol. The molecule has 0 aliphatic carbocycles. The summed E-state index contributed by atoms with van der Waals surface area (Å²) in [5, 5.41) is 3.35. The Morgan fingerprint density at radius 1 is 1.20 bits per heavy atom. The zero-order chi connectivity index (χ0) is 14.5. The summed E-state index contributed by atoms with van der Waals surface area (Å²) < 4.78 is 5.59. The maximum absolute atomic E-state index is 11.4. The van der Waals surface area contributed by atoms with Crippen LogP contribution in [0.15, 0.2) is 46.9 Å². The molecule has 0 aliphatic rings. The fourth-order valence-electron chi connectivity index (χ4n) is 1.80. The molecule has 0 saturated heterocycles. The minimum atomic E-state index is -0.330. The van der Waals surface area contributed by atoms with Gasteiger partial charge >= 0.3 is 5.97 Å². The predicted octanol–water partition coefficient (Wildman–Crippen LogP) is 4.16. The van der Waals surface area contributed by atoms with E-state index in [4.69, 9.17) is 4.74 Å². The quantitative estimate of drug-likeness (QED) is 0.854. The molecule has 0 atom stereocenters. The largest absolute Gasteiger partial charge is 0.465 e. The van der Waals surface area contributed by atoms with E-state index in [2.05, 4.69) is 40.3 Å². The Kier molecular flexibility index (Phi) is 4.79. The van der Waals surface area contributed by atoms with Crippen molar-refractivity contribution < 1.29 is 9.53 Å². The summed E-state index contributed by atoms with van der Waals surface area (Å²) in [7, 11) is 1.38. The number of halogens is 1. The van der Waals surface area contributed by atoms with E-state index in [1.54, 1.807) is 12.1 Å². The highest BCUT2D eigenvalue weighted by Crippen LogP contribution is 2.20. The second-order valence-corrected chi connectivity index (χ2v) is 5.37. The van der Waals surface area contributed by atoms with Crippen LogP contribution < -0.4 is 5.32 Å². The average Bonchev–Trinajstić information content (AvgIpc) is 2.46. The van der Waals surface area contributed by atoms with E-state index in [0.717, 1.165) is 15.7 Å². The second-order valence-electron chi connectivity index (χ2n) is 4.52. The third-order valence-corrected chi connectivity index (χ3v) is 3.75. The molecular formula is C16H16BrNO2. The standard InChI is InChI=1S/C16H16BrNO2/c1-11-3-7-14(8-4-11)18-10-13-6-5-12(9-15(13)17)16(19)20-2/h3-9,18H,10H2,1-2H3. The highest BCUT2D eigenvalue weighted by Gasteiger charge is 2.08. The molecule has 1 N–H and O–H groups in total. The van der Waals surface area contributed by atoms with Gasteiger partial charge in [-0.15, -0.1) is 0 Å². The van der Waals surface area contributed by atoms with Crippen molar-refractivity contribution in [2.24, 2.45) is 0 Å². The van der Waals surface area contributed by atoms with Crippen molar-refractivity contribution in [1.82, 2.24) is 0 Å². The molecule has 0 aliphatic heterocycles. The Morgan fingerprint density at radius 2 is 1.90 bits per heavy atom. The molecule has 0 spiro atoms. The van der Waals surface area contributed by atoms with E-state index in [0.29, 0.717) is 12.1 Å². The van der Waals surface area contributed by atoms with Crippen LogP contribution in [-0.4, -0.2) is 13.1 Å². The summed E-state index contributed by atoms with van der Waals surface area (Å²) in [6.45, 7) is 2.75. The van der Waals surface area contributed by atoms with Gasteiger partial charge in [0.2, 0.25) is 0 Å².